The van der Waals surface area contributed by atoms with E-state index < -0.39 is 0 Å². The van der Waals surface area contributed by atoms with Gasteiger partial charge in [0.05, 0.1) is 4.91 Å². The summed E-state index contributed by atoms with van der Waals surface area (Å²) < 4.78 is 2.89. The molecule has 0 amide bonds. The zero-order valence-electron chi connectivity index (χ0n) is 11.8. The van der Waals surface area contributed by atoms with Crippen molar-refractivity contribution in [2.75, 3.05) is 0 Å². The Kier molecular flexibility index (Phi) is 2.85. The van der Waals surface area contributed by atoms with Crippen molar-refractivity contribution in [2.24, 2.45) is 0 Å². The van der Waals surface area contributed by atoms with Gasteiger partial charge >= 0.3 is 0 Å². The van der Waals surface area contributed by atoms with Crippen LogP contribution in [0.5, 0.6) is 0 Å². The van der Waals surface area contributed by atoms with E-state index in [1.54, 1.807) is 4.68 Å². The highest BCUT2D eigenvalue weighted by Gasteiger charge is 2.27. The van der Waals surface area contributed by atoms with Crippen LogP contribution in [0.1, 0.15) is 24.1 Å². The second-order valence-corrected chi connectivity index (χ2v) is 5.57. The molecular weight excluding hydrogens is 260 g/mol. The minimum atomic E-state index is 0.872. The third kappa shape index (κ3) is 1.88. The standard InChI is InChI=1S/C18H17N2O/c21-20-18-13-7-5-11-16(18)15-10-4-6-12-17(15)19(20)14-8-2-1-3-9-14/h1-4,6,8-10,12H,5,7,11,13H2/q+1. The van der Waals surface area contributed by atoms with Gasteiger partial charge in [-0.1, -0.05) is 41.1 Å². The summed E-state index contributed by atoms with van der Waals surface area (Å²) in [5, 5.41) is 1.21. The van der Waals surface area contributed by atoms with Gasteiger partial charge in [-0.05, 0) is 37.5 Å². The lowest BCUT2D eigenvalue weighted by Gasteiger charge is -2.14. The molecule has 0 atom stereocenters. The van der Waals surface area contributed by atoms with Crippen molar-refractivity contribution >= 4 is 10.9 Å². The summed E-state index contributed by atoms with van der Waals surface area (Å²) in [6, 6.07) is 18.1. The number of para-hydroxylation sites is 2. The smallest absolute Gasteiger partial charge is 0.0696 e. The van der Waals surface area contributed by atoms with Gasteiger partial charge in [-0.15, -0.1) is 0 Å². The highest BCUT2D eigenvalue weighted by Crippen LogP contribution is 2.27. The van der Waals surface area contributed by atoms with E-state index in [0.717, 1.165) is 40.7 Å². The van der Waals surface area contributed by atoms with Gasteiger partial charge in [-0.25, -0.2) is 0 Å². The van der Waals surface area contributed by atoms with Crippen molar-refractivity contribution < 1.29 is 4.54 Å². The Morgan fingerprint density at radius 3 is 2.43 bits per heavy atom. The number of rotatable bonds is 1. The van der Waals surface area contributed by atoms with Crippen molar-refractivity contribution in [3.8, 4) is 5.69 Å². The van der Waals surface area contributed by atoms with Crippen molar-refractivity contribution in [3.05, 3.63) is 70.8 Å². The number of hydrogen-bond donors (Lipinski definition) is 0. The molecule has 0 bridgehead atoms. The number of aromatic nitrogens is 2. The van der Waals surface area contributed by atoms with Crippen molar-refractivity contribution in [3.63, 3.8) is 0 Å². The lowest BCUT2D eigenvalue weighted by atomic mass is 9.93. The second-order valence-electron chi connectivity index (χ2n) is 5.57. The topological polar surface area (TPSA) is 27.9 Å². The summed E-state index contributed by atoms with van der Waals surface area (Å²) >= 11 is 0. The van der Waals surface area contributed by atoms with Crippen LogP contribution < -0.4 is 4.54 Å². The first-order chi connectivity index (χ1) is 10.4. The van der Waals surface area contributed by atoms with Gasteiger partial charge in [0, 0.05) is 17.4 Å². The summed E-state index contributed by atoms with van der Waals surface area (Å²) in [5.74, 6) is 0. The second kappa shape index (κ2) is 4.85. The quantitative estimate of drug-likeness (QED) is 0.626. The van der Waals surface area contributed by atoms with Crippen LogP contribution in [0.3, 0.4) is 0 Å². The minimum Gasteiger partial charge on any atom is -0.0696 e. The van der Waals surface area contributed by atoms with E-state index in [2.05, 4.69) is 12.1 Å². The Bertz CT molecular complexity index is 866. The molecule has 1 aromatic heterocycles. The van der Waals surface area contributed by atoms with Crippen LogP contribution in [0.2, 0.25) is 0 Å². The fourth-order valence-electron chi connectivity index (χ4n) is 3.34. The number of hydrogen-bond acceptors (Lipinski definition) is 1. The number of benzene rings is 2. The van der Waals surface area contributed by atoms with E-state index in [1.165, 1.54) is 17.4 Å². The minimum absolute atomic E-state index is 0.872. The lowest BCUT2D eigenvalue weighted by Crippen LogP contribution is -2.37. The fourth-order valence-corrected chi connectivity index (χ4v) is 3.34. The van der Waals surface area contributed by atoms with Gasteiger partial charge in [-0.3, -0.25) is 0 Å². The first-order valence-corrected chi connectivity index (χ1v) is 7.50. The van der Waals surface area contributed by atoms with Gasteiger partial charge in [0.1, 0.15) is 11.2 Å². The first-order valence-electron chi connectivity index (χ1n) is 7.50. The molecule has 4 rings (SSSR count). The van der Waals surface area contributed by atoms with E-state index in [1.807, 2.05) is 42.5 Å². The fraction of sp³-hybridized carbons (Fsp3) is 0.222. The highest BCUT2D eigenvalue weighted by molar-refractivity contribution is 5.83. The van der Waals surface area contributed by atoms with Crippen LogP contribution in [0.25, 0.3) is 16.6 Å². The lowest BCUT2D eigenvalue weighted by molar-refractivity contribution is -0.592. The van der Waals surface area contributed by atoms with Gasteiger partial charge < -0.3 is 0 Å². The van der Waals surface area contributed by atoms with E-state index in [4.69, 9.17) is 0 Å². The molecule has 0 saturated carbocycles. The number of fused-ring (bicyclic) bond motifs is 3. The summed E-state index contributed by atoms with van der Waals surface area (Å²) in [5.41, 5.74) is 4.07. The molecule has 1 aliphatic carbocycles. The SMILES string of the molecule is O=[n+]1c2c(c3ccccc3n1-c1ccccc1)CCCC2. The van der Waals surface area contributed by atoms with Gasteiger partial charge in [0.15, 0.2) is 4.54 Å². The van der Waals surface area contributed by atoms with Gasteiger partial charge in [0.25, 0.3) is 5.69 Å². The molecular formula is C18H17N2O+. The molecule has 3 aromatic rings. The van der Waals surface area contributed by atoms with E-state index in [-0.39, 0.29) is 0 Å². The average Bonchev–Trinajstić information content (AvgIpc) is 2.56. The molecule has 1 heterocycles. The summed E-state index contributed by atoms with van der Waals surface area (Å²) in [6.45, 7) is 0. The third-order valence-corrected chi connectivity index (χ3v) is 4.31. The Morgan fingerprint density at radius 2 is 1.57 bits per heavy atom. The maximum Gasteiger partial charge on any atom is 0.273 e. The van der Waals surface area contributed by atoms with Gasteiger partial charge in [0.2, 0.25) is 0 Å². The maximum atomic E-state index is 12.9. The Labute approximate surface area is 123 Å². The first kappa shape index (κ1) is 12.3. The van der Waals surface area contributed by atoms with Crippen molar-refractivity contribution in [2.45, 2.75) is 25.7 Å². The normalized spacial score (nSPS) is 14.1. The largest absolute Gasteiger partial charge is 0.273 e. The van der Waals surface area contributed by atoms with Gasteiger partial charge in [-0.2, -0.15) is 0 Å². The molecule has 3 heteroatoms. The zero-order valence-corrected chi connectivity index (χ0v) is 11.8. The van der Waals surface area contributed by atoms with Crippen LogP contribution in [0.15, 0.2) is 54.6 Å². The predicted octanol–water partition coefficient (Wildman–Crippen LogP) is 3.42. The van der Waals surface area contributed by atoms with Crippen LogP contribution in [-0.2, 0) is 12.8 Å². The van der Waals surface area contributed by atoms with Crippen molar-refractivity contribution in [1.82, 2.24) is 4.68 Å². The molecule has 104 valence electrons. The summed E-state index contributed by atoms with van der Waals surface area (Å²) in [4.78, 5) is 12.9. The van der Waals surface area contributed by atoms with Crippen LogP contribution in [0.4, 0.5) is 0 Å². The molecule has 3 nitrogen and oxygen atoms in total. The van der Waals surface area contributed by atoms with Crippen molar-refractivity contribution in [1.29, 1.82) is 0 Å². The molecule has 21 heavy (non-hydrogen) atoms. The molecule has 0 unspecified atom stereocenters. The van der Waals surface area contributed by atoms with E-state index >= 15 is 0 Å². The molecule has 0 saturated heterocycles. The summed E-state index contributed by atoms with van der Waals surface area (Å²) in [7, 11) is 0. The molecule has 0 aliphatic heterocycles. The Balaban J connectivity index is 2.16. The Hall–Kier alpha value is -2.42. The van der Waals surface area contributed by atoms with E-state index in [0.29, 0.717) is 0 Å². The molecule has 0 radical (unpaired) electrons. The highest BCUT2D eigenvalue weighted by atomic mass is 16.3. The molecule has 2 aromatic carbocycles. The van der Waals surface area contributed by atoms with E-state index in [9.17, 15) is 4.91 Å². The van der Waals surface area contributed by atoms with Crippen LogP contribution in [-0.4, -0.2) is 4.68 Å². The molecule has 0 spiro atoms. The van der Waals surface area contributed by atoms with Crippen LogP contribution >= 0.6 is 0 Å². The molecule has 0 fully saturated rings. The number of aryl methyl sites for hydroxylation is 1. The third-order valence-electron chi connectivity index (χ3n) is 4.31. The Morgan fingerprint density at radius 1 is 0.857 bits per heavy atom. The molecule has 1 aliphatic rings. The zero-order chi connectivity index (χ0) is 14.2. The maximum absolute atomic E-state index is 12.9. The van der Waals surface area contributed by atoms with Crippen LogP contribution in [0, 0.1) is 4.91 Å². The summed E-state index contributed by atoms with van der Waals surface area (Å²) in [6.07, 6.45) is 4.15. The predicted molar refractivity (Wildman–Crippen MR) is 83.3 cm³/mol. The average molecular weight is 277 g/mol. The molecule has 0 N–H and O–H groups in total. The monoisotopic (exact) mass is 277 g/mol. The number of nitrogens with zero attached hydrogens (tertiary/aromatic N) is 2.